The molecule has 0 bridgehead atoms. The molecule has 0 aliphatic carbocycles. The standard InChI is InChI=1S/C11H15NOS/c1-6-5-9(13-4)7(2)8(3)10(6)11(12)14/h5H,1-4H3,(H2,12,14). The molecule has 2 N–H and O–H groups in total. The van der Waals surface area contributed by atoms with Gasteiger partial charge in [0.1, 0.15) is 10.7 Å². The van der Waals surface area contributed by atoms with E-state index in [1.165, 1.54) is 0 Å². The van der Waals surface area contributed by atoms with E-state index in [0.717, 1.165) is 28.0 Å². The van der Waals surface area contributed by atoms with Gasteiger partial charge in [-0.15, -0.1) is 0 Å². The van der Waals surface area contributed by atoms with Gasteiger partial charge in [0.2, 0.25) is 0 Å². The Morgan fingerprint density at radius 1 is 1.29 bits per heavy atom. The third-order valence-electron chi connectivity index (χ3n) is 2.52. The van der Waals surface area contributed by atoms with E-state index in [0.29, 0.717) is 4.99 Å². The summed E-state index contributed by atoms with van der Waals surface area (Å²) >= 11 is 5.01. The molecule has 0 radical (unpaired) electrons. The fourth-order valence-corrected chi connectivity index (χ4v) is 1.95. The molecule has 1 aromatic carbocycles. The summed E-state index contributed by atoms with van der Waals surface area (Å²) in [5.74, 6) is 0.889. The molecule has 14 heavy (non-hydrogen) atoms. The minimum absolute atomic E-state index is 0.450. The van der Waals surface area contributed by atoms with Crippen LogP contribution in [-0.4, -0.2) is 12.1 Å². The van der Waals surface area contributed by atoms with Crippen LogP contribution < -0.4 is 10.5 Å². The Morgan fingerprint density at radius 2 is 1.86 bits per heavy atom. The second-order valence-electron chi connectivity index (χ2n) is 3.38. The highest BCUT2D eigenvalue weighted by atomic mass is 32.1. The summed E-state index contributed by atoms with van der Waals surface area (Å²) in [7, 11) is 1.67. The molecule has 0 amide bonds. The van der Waals surface area contributed by atoms with Crippen molar-refractivity contribution in [1.29, 1.82) is 0 Å². The summed E-state index contributed by atoms with van der Waals surface area (Å²) in [5, 5.41) is 0. The molecule has 76 valence electrons. The maximum atomic E-state index is 5.67. The Balaban J connectivity index is 3.49. The van der Waals surface area contributed by atoms with Crippen molar-refractivity contribution in [2.45, 2.75) is 20.8 Å². The van der Waals surface area contributed by atoms with Crippen molar-refractivity contribution >= 4 is 17.2 Å². The lowest BCUT2D eigenvalue weighted by Crippen LogP contribution is -2.14. The van der Waals surface area contributed by atoms with Crippen LogP contribution in [0.15, 0.2) is 6.07 Å². The van der Waals surface area contributed by atoms with Crippen LogP contribution in [-0.2, 0) is 0 Å². The van der Waals surface area contributed by atoms with E-state index >= 15 is 0 Å². The maximum Gasteiger partial charge on any atom is 0.122 e. The molecular weight excluding hydrogens is 194 g/mol. The van der Waals surface area contributed by atoms with Gasteiger partial charge in [0.05, 0.1) is 7.11 Å². The molecule has 0 aliphatic heterocycles. The topological polar surface area (TPSA) is 35.2 Å². The second kappa shape index (κ2) is 3.96. The number of hydrogen-bond donors (Lipinski definition) is 1. The van der Waals surface area contributed by atoms with Crippen molar-refractivity contribution in [3.05, 3.63) is 28.3 Å². The first-order valence-electron chi connectivity index (χ1n) is 4.43. The fourth-order valence-electron chi connectivity index (χ4n) is 1.64. The van der Waals surface area contributed by atoms with Gasteiger partial charge in [-0.05, 0) is 43.5 Å². The molecule has 1 rings (SSSR count). The van der Waals surface area contributed by atoms with Gasteiger partial charge >= 0.3 is 0 Å². The van der Waals surface area contributed by atoms with Crippen molar-refractivity contribution in [2.24, 2.45) is 5.73 Å². The monoisotopic (exact) mass is 209 g/mol. The summed E-state index contributed by atoms with van der Waals surface area (Å²) in [4.78, 5) is 0.450. The second-order valence-corrected chi connectivity index (χ2v) is 3.82. The first kappa shape index (κ1) is 11.0. The average Bonchev–Trinajstić information content (AvgIpc) is 2.10. The van der Waals surface area contributed by atoms with Crippen LogP contribution in [0, 0.1) is 20.8 Å². The van der Waals surface area contributed by atoms with Crippen LogP contribution in [0.4, 0.5) is 0 Å². The summed E-state index contributed by atoms with van der Waals surface area (Å²) in [6, 6.07) is 1.97. The molecule has 0 spiro atoms. The molecule has 0 atom stereocenters. The van der Waals surface area contributed by atoms with Crippen LogP contribution in [0.3, 0.4) is 0 Å². The molecule has 0 aliphatic rings. The lowest BCUT2D eigenvalue weighted by atomic mass is 9.97. The predicted octanol–water partition coefficient (Wildman–Crippen LogP) is 2.25. The molecule has 0 heterocycles. The van der Waals surface area contributed by atoms with Crippen molar-refractivity contribution < 1.29 is 4.74 Å². The third-order valence-corrected chi connectivity index (χ3v) is 2.72. The molecule has 1 aromatic rings. The minimum Gasteiger partial charge on any atom is -0.496 e. The number of nitrogens with two attached hydrogens (primary N) is 1. The van der Waals surface area contributed by atoms with Gasteiger partial charge in [-0.3, -0.25) is 0 Å². The highest BCUT2D eigenvalue weighted by molar-refractivity contribution is 7.80. The van der Waals surface area contributed by atoms with Crippen LogP contribution in [0.2, 0.25) is 0 Å². The molecule has 0 saturated carbocycles. The Labute approximate surface area is 90.1 Å². The lowest BCUT2D eigenvalue weighted by Gasteiger charge is -2.14. The van der Waals surface area contributed by atoms with E-state index in [2.05, 4.69) is 0 Å². The molecule has 0 unspecified atom stereocenters. The van der Waals surface area contributed by atoms with Gasteiger partial charge in [0.25, 0.3) is 0 Å². The zero-order valence-corrected chi connectivity index (χ0v) is 9.79. The highest BCUT2D eigenvalue weighted by Gasteiger charge is 2.11. The normalized spacial score (nSPS) is 10.0. The van der Waals surface area contributed by atoms with Crippen molar-refractivity contribution in [2.75, 3.05) is 7.11 Å². The van der Waals surface area contributed by atoms with Gasteiger partial charge in [0.15, 0.2) is 0 Å². The Morgan fingerprint density at radius 3 is 2.29 bits per heavy atom. The summed E-state index contributed by atoms with van der Waals surface area (Å²) in [6.45, 7) is 6.01. The van der Waals surface area contributed by atoms with E-state index < -0.39 is 0 Å². The maximum absolute atomic E-state index is 5.67. The lowest BCUT2D eigenvalue weighted by molar-refractivity contribution is 0.411. The largest absolute Gasteiger partial charge is 0.496 e. The third kappa shape index (κ3) is 1.73. The molecule has 2 nitrogen and oxygen atoms in total. The van der Waals surface area contributed by atoms with Crippen molar-refractivity contribution in [1.82, 2.24) is 0 Å². The van der Waals surface area contributed by atoms with Gasteiger partial charge in [-0.2, -0.15) is 0 Å². The van der Waals surface area contributed by atoms with E-state index in [1.807, 2.05) is 26.8 Å². The van der Waals surface area contributed by atoms with Crippen molar-refractivity contribution in [3.63, 3.8) is 0 Å². The minimum atomic E-state index is 0.450. The summed E-state index contributed by atoms with van der Waals surface area (Å²) in [5.41, 5.74) is 9.91. The number of ether oxygens (including phenoxy) is 1. The smallest absolute Gasteiger partial charge is 0.122 e. The van der Waals surface area contributed by atoms with Crippen LogP contribution >= 0.6 is 12.2 Å². The van der Waals surface area contributed by atoms with Gasteiger partial charge < -0.3 is 10.5 Å². The van der Waals surface area contributed by atoms with Crippen LogP contribution in [0.1, 0.15) is 22.3 Å². The van der Waals surface area contributed by atoms with E-state index in [1.54, 1.807) is 7.11 Å². The summed E-state index contributed by atoms with van der Waals surface area (Å²) in [6.07, 6.45) is 0. The van der Waals surface area contributed by atoms with Gasteiger partial charge in [0, 0.05) is 5.56 Å². The van der Waals surface area contributed by atoms with E-state index in [-0.39, 0.29) is 0 Å². The number of thiocarbonyl (C=S) groups is 1. The fraction of sp³-hybridized carbons (Fsp3) is 0.364. The van der Waals surface area contributed by atoms with Gasteiger partial charge in [-0.1, -0.05) is 12.2 Å². The number of hydrogen-bond acceptors (Lipinski definition) is 2. The molecule has 3 heteroatoms. The quantitative estimate of drug-likeness (QED) is 0.759. The Hall–Kier alpha value is -1.09. The predicted molar refractivity (Wildman–Crippen MR) is 63.1 cm³/mol. The van der Waals surface area contributed by atoms with Crippen LogP contribution in [0.5, 0.6) is 5.75 Å². The molecule has 0 aromatic heterocycles. The first-order valence-corrected chi connectivity index (χ1v) is 4.84. The molecular formula is C11H15NOS. The SMILES string of the molecule is COc1cc(C)c(C(N)=S)c(C)c1C. The number of methoxy groups -OCH3 is 1. The zero-order chi connectivity index (χ0) is 10.9. The number of benzene rings is 1. The molecule has 0 fully saturated rings. The highest BCUT2D eigenvalue weighted by Crippen LogP contribution is 2.27. The summed E-state index contributed by atoms with van der Waals surface area (Å²) < 4.78 is 5.26. The number of aryl methyl sites for hydroxylation is 1. The number of rotatable bonds is 2. The first-order chi connectivity index (χ1) is 6.49. The average molecular weight is 209 g/mol. The van der Waals surface area contributed by atoms with Gasteiger partial charge in [-0.25, -0.2) is 0 Å². The van der Waals surface area contributed by atoms with E-state index in [9.17, 15) is 0 Å². The van der Waals surface area contributed by atoms with Crippen molar-refractivity contribution in [3.8, 4) is 5.75 Å². The Bertz CT molecular complexity index is 385. The molecule has 0 saturated heterocycles. The Kier molecular flexibility index (Phi) is 3.11. The van der Waals surface area contributed by atoms with Crippen LogP contribution in [0.25, 0.3) is 0 Å². The van der Waals surface area contributed by atoms with E-state index in [4.69, 9.17) is 22.7 Å². The zero-order valence-electron chi connectivity index (χ0n) is 8.97.